The zero-order chi connectivity index (χ0) is 23.3. The van der Waals surface area contributed by atoms with Crippen molar-refractivity contribution in [2.75, 3.05) is 43.3 Å². The number of nitrogens with zero attached hydrogens (tertiary/aromatic N) is 3. The van der Waals surface area contributed by atoms with Gasteiger partial charge < -0.3 is 14.5 Å². The maximum absolute atomic E-state index is 13.2. The minimum Gasteiger partial charge on any atom is -0.450 e. The first kappa shape index (κ1) is 23.5. The summed E-state index contributed by atoms with van der Waals surface area (Å²) in [6, 6.07) is 11.9. The van der Waals surface area contributed by atoms with E-state index >= 15 is 0 Å². The quantitative estimate of drug-likeness (QED) is 0.658. The van der Waals surface area contributed by atoms with Crippen molar-refractivity contribution in [3.63, 3.8) is 0 Å². The molecule has 0 saturated carbocycles. The number of benzene rings is 2. The first-order chi connectivity index (χ1) is 15.2. The minimum absolute atomic E-state index is 0.0439. The van der Waals surface area contributed by atoms with Gasteiger partial charge in [-0.1, -0.05) is 12.1 Å². The summed E-state index contributed by atoms with van der Waals surface area (Å²) in [6.07, 6.45) is 0.712. The molecule has 0 aromatic heterocycles. The molecule has 32 heavy (non-hydrogen) atoms. The molecule has 0 radical (unpaired) electrons. The van der Waals surface area contributed by atoms with E-state index in [9.17, 15) is 22.4 Å². The largest absolute Gasteiger partial charge is 0.450 e. The summed E-state index contributed by atoms with van der Waals surface area (Å²) in [7, 11) is -3.60. The molecule has 1 aliphatic heterocycles. The van der Waals surface area contributed by atoms with Crippen molar-refractivity contribution in [1.29, 1.82) is 0 Å². The van der Waals surface area contributed by atoms with Crippen LogP contribution in [-0.2, 0) is 21.3 Å². The molecule has 0 spiro atoms. The SMILES string of the molecule is CCOC(=O)N1CCN(C(=O)c2ccc(N(Cc3ccc(F)cc3)S(C)(=O)=O)cc2)CC1. The van der Waals surface area contributed by atoms with Gasteiger partial charge in [-0.2, -0.15) is 0 Å². The summed E-state index contributed by atoms with van der Waals surface area (Å²) < 4.78 is 44.0. The number of carbonyl (C=O) groups excluding carboxylic acids is 2. The molecule has 2 aromatic carbocycles. The van der Waals surface area contributed by atoms with Gasteiger partial charge in [0.2, 0.25) is 10.0 Å². The molecule has 0 aliphatic carbocycles. The molecule has 8 nitrogen and oxygen atoms in total. The summed E-state index contributed by atoms with van der Waals surface area (Å²) in [5, 5.41) is 0. The average molecular weight is 464 g/mol. The van der Waals surface area contributed by atoms with E-state index in [-0.39, 0.29) is 18.5 Å². The van der Waals surface area contributed by atoms with E-state index in [0.29, 0.717) is 49.6 Å². The van der Waals surface area contributed by atoms with Crippen LogP contribution in [0.5, 0.6) is 0 Å². The number of amides is 2. The van der Waals surface area contributed by atoms with Gasteiger partial charge >= 0.3 is 6.09 Å². The van der Waals surface area contributed by atoms with Crippen LogP contribution in [0, 0.1) is 5.82 Å². The van der Waals surface area contributed by atoms with Gasteiger partial charge in [-0.25, -0.2) is 17.6 Å². The van der Waals surface area contributed by atoms with Crippen molar-refractivity contribution in [3.05, 3.63) is 65.5 Å². The molecule has 3 rings (SSSR count). The van der Waals surface area contributed by atoms with Gasteiger partial charge in [-0.15, -0.1) is 0 Å². The summed E-state index contributed by atoms with van der Waals surface area (Å²) in [4.78, 5) is 27.8. The Morgan fingerprint density at radius 1 is 0.969 bits per heavy atom. The second-order valence-corrected chi connectivity index (χ2v) is 9.33. The number of hydrogen-bond donors (Lipinski definition) is 0. The number of carbonyl (C=O) groups is 2. The molecule has 0 unspecified atom stereocenters. The van der Waals surface area contributed by atoms with Crippen LogP contribution < -0.4 is 4.31 Å². The second-order valence-electron chi connectivity index (χ2n) is 7.42. The van der Waals surface area contributed by atoms with Crippen molar-refractivity contribution in [2.45, 2.75) is 13.5 Å². The number of sulfonamides is 1. The zero-order valence-electron chi connectivity index (χ0n) is 18.0. The first-order valence-electron chi connectivity index (χ1n) is 10.2. The Hall–Kier alpha value is -3.14. The molecule has 10 heteroatoms. The van der Waals surface area contributed by atoms with Gasteiger partial charge in [0, 0.05) is 31.7 Å². The van der Waals surface area contributed by atoms with E-state index in [4.69, 9.17) is 4.74 Å². The van der Waals surface area contributed by atoms with E-state index < -0.39 is 15.8 Å². The summed E-state index contributed by atoms with van der Waals surface area (Å²) in [5.41, 5.74) is 1.46. The van der Waals surface area contributed by atoms with E-state index in [1.54, 1.807) is 41.0 Å². The average Bonchev–Trinajstić information content (AvgIpc) is 2.78. The Balaban J connectivity index is 1.69. The zero-order valence-corrected chi connectivity index (χ0v) is 18.8. The highest BCUT2D eigenvalue weighted by atomic mass is 32.2. The molecule has 0 N–H and O–H groups in total. The monoisotopic (exact) mass is 463 g/mol. The lowest BCUT2D eigenvalue weighted by Gasteiger charge is -2.34. The normalized spacial score (nSPS) is 14.2. The molecule has 1 fully saturated rings. The van der Waals surface area contributed by atoms with Crippen LogP contribution in [0.25, 0.3) is 0 Å². The number of rotatable bonds is 6. The lowest BCUT2D eigenvalue weighted by atomic mass is 10.1. The Bertz CT molecular complexity index is 1050. The van der Waals surface area contributed by atoms with Crippen molar-refractivity contribution < 1.29 is 27.1 Å². The molecular formula is C22H26FN3O5S. The topological polar surface area (TPSA) is 87.2 Å². The Morgan fingerprint density at radius 3 is 2.06 bits per heavy atom. The Morgan fingerprint density at radius 2 is 1.53 bits per heavy atom. The lowest BCUT2D eigenvalue weighted by molar-refractivity contribution is 0.0570. The lowest BCUT2D eigenvalue weighted by Crippen LogP contribution is -2.50. The smallest absolute Gasteiger partial charge is 0.409 e. The molecule has 1 heterocycles. The molecule has 1 aliphatic rings. The molecular weight excluding hydrogens is 437 g/mol. The van der Waals surface area contributed by atoms with Crippen LogP contribution in [0.15, 0.2) is 48.5 Å². The number of ether oxygens (including phenoxy) is 1. The van der Waals surface area contributed by atoms with Crippen molar-refractivity contribution in [3.8, 4) is 0 Å². The van der Waals surface area contributed by atoms with E-state index in [2.05, 4.69) is 0 Å². The molecule has 2 aromatic rings. The number of piperazine rings is 1. The highest BCUT2D eigenvalue weighted by Crippen LogP contribution is 2.22. The summed E-state index contributed by atoms with van der Waals surface area (Å²) >= 11 is 0. The van der Waals surface area contributed by atoms with Gasteiger partial charge in [0.25, 0.3) is 5.91 Å². The van der Waals surface area contributed by atoms with Gasteiger partial charge in [0.1, 0.15) is 5.82 Å². The number of anilines is 1. The first-order valence-corrected chi connectivity index (χ1v) is 12.1. The number of hydrogen-bond acceptors (Lipinski definition) is 5. The van der Waals surface area contributed by atoms with Gasteiger partial charge in [-0.3, -0.25) is 9.10 Å². The highest BCUT2D eigenvalue weighted by Gasteiger charge is 2.26. The highest BCUT2D eigenvalue weighted by molar-refractivity contribution is 7.92. The molecule has 2 amide bonds. The van der Waals surface area contributed by atoms with E-state index in [1.807, 2.05) is 0 Å². The fourth-order valence-corrected chi connectivity index (χ4v) is 4.30. The Kier molecular flexibility index (Phi) is 7.34. The standard InChI is InChI=1S/C22H26FN3O5S/c1-3-31-22(28)25-14-12-24(13-15-25)21(27)18-6-10-20(11-7-18)26(32(2,29)30)16-17-4-8-19(23)9-5-17/h4-11H,3,12-16H2,1-2H3. The van der Waals surface area contributed by atoms with E-state index in [1.165, 1.54) is 28.6 Å². The molecule has 1 saturated heterocycles. The van der Waals surface area contributed by atoms with Gasteiger partial charge in [0.05, 0.1) is 25.1 Å². The fraction of sp³-hybridized carbons (Fsp3) is 0.364. The van der Waals surface area contributed by atoms with Crippen LogP contribution >= 0.6 is 0 Å². The van der Waals surface area contributed by atoms with Crippen molar-refractivity contribution in [1.82, 2.24) is 9.80 Å². The minimum atomic E-state index is -3.60. The molecule has 0 atom stereocenters. The summed E-state index contributed by atoms with van der Waals surface area (Å²) in [6.45, 7) is 3.65. The maximum atomic E-state index is 13.2. The fourth-order valence-electron chi connectivity index (χ4n) is 3.42. The predicted octanol–water partition coefficient (Wildman–Crippen LogP) is 2.71. The van der Waals surface area contributed by atoms with Crippen LogP contribution in [0.4, 0.5) is 14.9 Å². The van der Waals surface area contributed by atoms with Gasteiger partial charge in [-0.05, 0) is 48.9 Å². The van der Waals surface area contributed by atoms with Crippen LogP contribution in [0.3, 0.4) is 0 Å². The third-order valence-corrected chi connectivity index (χ3v) is 6.28. The van der Waals surface area contributed by atoms with Gasteiger partial charge in [0.15, 0.2) is 0 Å². The molecule has 0 bridgehead atoms. The third-order valence-electron chi connectivity index (χ3n) is 5.13. The third kappa shape index (κ3) is 5.76. The Labute approximate surface area is 187 Å². The summed E-state index contributed by atoms with van der Waals surface area (Å²) in [5.74, 6) is -0.588. The number of halogens is 1. The predicted molar refractivity (Wildman–Crippen MR) is 118 cm³/mol. The van der Waals surface area contributed by atoms with E-state index in [0.717, 1.165) is 6.26 Å². The van der Waals surface area contributed by atoms with Crippen LogP contribution in [-0.4, -0.2) is 69.3 Å². The van der Waals surface area contributed by atoms with Crippen LogP contribution in [0.1, 0.15) is 22.8 Å². The second kappa shape index (κ2) is 9.99. The molecule has 172 valence electrons. The van der Waals surface area contributed by atoms with Crippen molar-refractivity contribution in [2.24, 2.45) is 0 Å². The van der Waals surface area contributed by atoms with Crippen molar-refractivity contribution >= 4 is 27.7 Å². The van der Waals surface area contributed by atoms with Crippen LogP contribution in [0.2, 0.25) is 0 Å². The maximum Gasteiger partial charge on any atom is 0.409 e.